The fourth-order valence-corrected chi connectivity index (χ4v) is 3.34. The van der Waals surface area contributed by atoms with Crippen molar-refractivity contribution in [2.75, 3.05) is 0 Å². The van der Waals surface area contributed by atoms with Gasteiger partial charge in [0.25, 0.3) is 5.69 Å². The molecule has 7 nitrogen and oxygen atoms in total. The van der Waals surface area contributed by atoms with Gasteiger partial charge in [-0.25, -0.2) is 4.68 Å². The zero-order chi connectivity index (χ0) is 18.3. The second-order valence-electron chi connectivity index (χ2n) is 7.02. The highest BCUT2D eigenvalue weighted by Crippen LogP contribution is 2.35. The maximum atomic E-state index is 12.7. The van der Waals surface area contributed by atoms with Gasteiger partial charge in [-0.15, -0.1) is 0 Å². The molecule has 0 bridgehead atoms. The van der Waals surface area contributed by atoms with Crippen molar-refractivity contribution in [1.82, 2.24) is 9.78 Å². The Kier molecular flexibility index (Phi) is 4.43. The highest BCUT2D eigenvalue weighted by Gasteiger charge is 2.34. The molecule has 0 fully saturated rings. The Morgan fingerprint density at radius 2 is 1.88 bits per heavy atom. The molecule has 0 amide bonds. The van der Waals surface area contributed by atoms with E-state index in [1.54, 1.807) is 16.8 Å². The Hall–Kier alpha value is -2.54. The van der Waals surface area contributed by atoms with Crippen molar-refractivity contribution in [3.63, 3.8) is 0 Å². The van der Waals surface area contributed by atoms with Crippen molar-refractivity contribution < 1.29 is 9.72 Å². The Morgan fingerprint density at radius 1 is 1.24 bits per heavy atom. The van der Waals surface area contributed by atoms with E-state index in [2.05, 4.69) is 18.9 Å². The topological polar surface area (TPSA) is 104 Å². The summed E-state index contributed by atoms with van der Waals surface area (Å²) in [4.78, 5) is 23.1. The molecule has 1 aromatic carbocycles. The number of nitro groups is 1. The van der Waals surface area contributed by atoms with Gasteiger partial charge in [-0.05, 0) is 37.3 Å². The minimum atomic E-state index is -0.436. The molecule has 1 heterocycles. The Balaban J connectivity index is 2.13. The van der Waals surface area contributed by atoms with Gasteiger partial charge in [0.1, 0.15) is 0 Å². The maximum Gasteiger partial charge on any atom is 0.269 e. The van der Waals surface area contributed by atoms with Gasteiger partial charge in [0.15, 0.2) is 5.78 Å². The van der Waals surface area contributed by atoms with E-state index in [0.717, 1.165) is 12.1 Å². The smallest absolute Gasteiger partial charge is 0.269 e. The van der Waals surface area contributed by atoms with E-state index in [0.29, 0.717) is 29.3 Å². The van der Waals surface area contributed by atoms with Crippen LogP contribution in [0, 0.1) is 22.0 Å². The lowest BCUT2D eigenvalue weighted by Gasteiger charge is -2.25. The molecule has 0 spiro atoms. The lowest BCUT2D eigenvalue weighted by atomic mass is 9.79. The molecule has 1 aromatic heterocycles. The number of non-ortho nitro benzene ring substituents is 1. The summed E-state index contributed by atoms with van der Waals surface area (Å²) in [6.45, 7) is 6.04. The van der Waals surface area contributed by atoms with Crippen molar-refractivity contribution in [3.8, 4) is 5.69 Å². The van der Waals surface area contributed by atoms with Gasteiger partial charge >= 0.3 is 0 Å². The van der Waals surface area contributed by atoms with E-state index in [-0.39, 0.29) is 23.4 Å². The van der Waals surface area contributed by atoms with Crippen molar-refractivity contribution in [3.05, 3.63) is 51.3 Å². The third-order valence-electron chi connectivity index (χ3n) is 4.87. The molecule has 3 rings (SSSR count). The van der Waals surface area contributed by atoms with Gasteiger partial charge in [0.2, 0.25) is 0 Å². The average Bonchev–Trinajstić information content (AvgIpc) is 2.95. The van der Waals surface area contributed by atoms with Crippen LogP contribution in [0.15, 0.2) is 24.3 Å². The van der Waals surface area contributed by atoms with Gasteiger partial charge in [-0.1, -0.05) is 13.8 Å². The third-order valence-corrected chi connectivity index (χ3v) is 4.87. The number of ketones is 1. The van der Waals surface area contributed by atoms with Gasteiger partial charge < -0.3 is 5.73 Å². The molecule has 7 heteroatoms. The standard InChI is InChI=1S/C18H22N4O3/c1-10(2)12-8-15-17(16(23)9-12)18(11(3)19)20-21(15)13-4-6-14(7-5-13)22(24)25/h4-7,10-12H,8-9,19H2,1-3H3. The number of benzene rings is 1. The first-order valence-electron chi connectivity index (χ1n) is 8.45. The van der Waals surface area contributed by atoms with E-state index in [1.165, 1.54) is 12.1 Å². The number of nitrogens with two attached hydrogens (primary N) is 1. The number of fused-ring (bicyclic) bond motifs is 1. The van der Waals surface area contributed by atoms with Crippen molar-refractivity contribution >= 4 is 11.5 Å². The number of nitro benzene ring substituents is 1. The summed E-state index contributed by atoms with van der Waals surface area (Å²) in [6.07, 6.45) is 1.26. The van der Waals surface area contributed by atoms with Crippen LogP contribution in [0.25, 0.3) is 5.69 Å². The Morgan fingerprint density at radius 3 is 2.40 bits per heavy atom. The van der Waals surface area contributed by atoms with Crippen molar-refractivity contribution in [2.45, 2.75) is 39.7 Å². The van der Waals surface area contributed by atoms with Gasteiger partial charge in [-0.2, -0.15) is 5.10 Å². The van der Waals surface area contributed by atoms with Crippen LogP contribution in [-0.2, 0) is 6.42 Å². The molecule has 1 aliphatic carbocycles. The zero-order valence-electron chi connectivity index (χ0n) is 14.6. The van der Waals surface area contributed by atoms with Crippen LogP contribution in [0.4, 0.5) is 5.69 Å². The molecule has 2 unspecified atom stereocenters. The summed E-state index contributed by atoms with van der Waals surface area (Å²) in [6, 6.07) is 5.84. The molecular formula is C18H22N4O3. The first-order valence-corrected chi connectivity index (χ1v) is 8.45. The SMILES string of the molecule is CC(N)c1nn(-c2ccc([N+](=O)[O-])cc2)c2c1C(=O)CC(C(C)C)C2. The highest BCUT2D eigenvalue weighted by molar-refractivity contribution is 5.99. The monoisotopic (exact) mass is 342 g/mol. The quantitative estimate of drug-likeness (QED) is 0.678. The number of nitrogens with zero attached hydrogens (tertiary/aromatic N) is 3. The van der Waals surface area contributed by atoms with Gasteiger partial charge in [0, 0.05) is 24.6 Å². The predicted octanol–water partition coefficient (Wildman–Crippen LogP) is 3.20. The molecule has 0 aliphatic heterocycles. The summed E-state index contributed by atoms with van der Waals surface area (Å²) >= 11 is 0. The Bertz CT molecular complexity index is 822. The van der Waals surface area contributed by atoms with Crippen LogP contribution in [0.3, 0.4) is 0 Å². The summed E-state index contributed by atoms with van der Waals surface area (Å²) in [5.74, 6) is 0.728. The first kappa shape index (κ1) is 17.3. The van der Waals surface area contributed by atoms with Crippen LogP contribution in [0.1, 0.15) is 55.0 Å². The van der Waals surface area contributed by atoms with E-state index < -0.39 is 4.92 Å². The van der Waals surface area contributed by atoms with E-state index in [4.69, 9.17) is 5.73 Å². The number of Topliss-reactive ketones (excluding diaryl/α,β-unsaturated/α-hetero) is 1. The summed E-state index contributed by atoms with van der Waals surface area (Å²) in [7, 11) is 0. The molecule has 0 radical (unpaired) electrons. The molecule has 2 atom stereocenters. The summed E-state index contributed by atoms with van der Waals surface area (Å²) in [5.41, 5.74) is 8.84. The number of hydrogen-bond donors (Lipinski definition) is 1. The van der Waals surface area contributed by atoms with Crippen LogP contribution in [0.5, 0.6) is 0 Å². The molecule has 25 heavy (non-hydrogen) atoms. The zero-order valence-corrected chi connectivity index (χ0v) is 14.6. The number of carbonyl (C=O) groups excluding carboxylic acids is 1. The van der Waals surface area contributed by atoms with Gasteiger partial charge in [0.05, 0.1) is 27.6 Å². The Labute approximate surface area is 146 Å². The fourth-order valence-electron chi connectivity index (χ4n) is 3.34. The van der Waals surface area contributed by atoms with Crippen LogP contribution in [-0.4, -0.2) is 20.5 Å². The minimum absolute atomic E-state index is 0.0216. The number of aromatic nitrogens is 2. The summed E-state index contributed by atoms with van der Waals surface area (Å²) < 4.78 is 1.73. The maximum absolute atomic E-state index is 12.7. The van der Waals surface area contributed by atoms with Crippen molar-refractivity contribution in [1.29, 1.82) is 0 Å². The summed E-state index contributed by atoms with van der Waals surface area (Å²) in [5, 5.41) is 15.4. The molecule has 0 saturated carbocycles. The van der Waals surface area contributed by atoms with Crippen molar-refractivity contribution in [2.24, 2.45) is 17.6 Å². The van der Waals surface area contributed by atoms with Crippen LogP contribution in [0.2, 0.25) is 0 Å². The third kappa shape index (κ3) is 3.07. The van der Waals surface area contributed by atoms with E-state index in [9.17, 15) is 14.9 Å². The number of rotatable bonds is 4. The molecule has 2 N–H and O–H groups in total. The molecule has 132 valence electrons. The highest BCUT2D eigenvalue weighted by atomic mass is 16.6. The predicted molar refractivity (Wildman–Crippen MR) is 93.8 cm³/mol. The number of carbonyl (C=O) groups is 1. The van der Waals surface area contributed by atoms with E-state index in [1.807, 2.05) is 6.92 Å². The lowest BCUT2D eigenvalue weighted by molar-refractivity contribution is -0.384. The average molecular weight is 342 g/mol. The normalized spacial score (nSPS) is 18.3. The molecular weight excluding hydrogens is 320 g/mol. The minimum Gasteiger partial charge on any atom is -0.323 e. The number of hydrogen-bond acceptors (Lipinski definition) is 5. The second-order valence-corrected chi connectivity index (χ2v) is 7.02. The van der Waals surface area contributed by atoms with Crippen LogP contribution >= 0.6 is 0 Å². The second kappa shape index (κ2) is 6.40. The first-order chi connectivity index (χ1) is 11.8. The van der Waals surface area contributed by atoms with Gasteiger partial charge in [-0.3, -0.25) is 14.9 Å². The molecule has 1 aliphatic rings. The largest absolute Gasteiger partial charge is 0.323 e. The molecule has 0 saturated heterocycles. The van der Waals surface area contributed by atoms with Crippen LogP contribution < -0.4 is 5.73 Å². The molecule has 2 aromatic rings. The lowest BCUT2D eigenvalue weighted by Crippen LogP contribution is -2.26. The fraction of sp³-hybridized carbons (Fsp3) is 0.444. The van der Waals surface area contributed by atoms with E-state index >= 15 is 0 Å².